The number of pyridine rings is 1. The van der Waals surface area contributed by atoms with E-state index in [0.717, 1.165) is 18.5 Å². The van der Waals surface area contributed by atoms with Crippen molar-refractivity contribution >= 4 is 23.6 Å². The van der Waals surface area contributed by atoms with Crippen molar-refractivity contribution in [2.75, 3.05) is 6.54 Å². The third-order valence-corrected chi connectivity index (χ3v) is 2.69. The van der Waals surface area contributed by atoms with Gasteiger partial charge in [0.05, 0.1) is 10.7 Å². The molecule has 0 radical (unpaired) electrons. The van der Waals surface area contributed by atoms with Crippen molar-refractivity contribution in [1.82, 2.24) is 15.6 Å². The van der Waals surface area contributed by atoms with Crippen LogP contribution < -0.4 is 16.4 Å². The molecule has 0 aliphatic heterocycles. The highest BCUT2D eigenvalue weighted by Gasteiger charge is 2.04. The van der Waals surface area contributed by atoms with E-state index in [1.165, 1.54) is 0 Å². The molecule has 4 N–H and O–H groups in total. The second kappa shape index (κ2) is 8.37. The summed E-state index contributed by atoms with van der Waals surface area (Å²) in [7, 11) is 0. The van der Waals surface area contributed by atoms with Gasteiger partial charge >= 0.3 is 6.03 Å². The van der Waals surface area contributed by atoms with E-state index in [4.69, 9.17) is 17.3 Å². The minimum Gasteiger partial charge on any atom is -0.354 e. The number of carbonyl (C=O) groups is 1. The topological polar surface area (TPSA) is 92.4 Å². The van der Waals surface area contributed by atoms with Crippen LogP contribution in [0.3, 0.4) is 0 Å². The standard InChI is InChI=1S/C13H20ClN5O/c1-9(2)18-13(19-12(15)20)17-8-4-6-11-10(14)5-3-7-16-11/h3,5,7,9H,4,6,8H2,1-2H3,(H4,15,17,18,19,20). The Balaban J connectivity index is 2.47. The van der Waals surface area contributed by atoms with Crippen LogP contribution in [-0.2, 0) is 6.42 Å². The molecule has 0 aromatic carbocycles. The van der Waals surface area contributed by atoms with Gasteiger partial charge in [-0.2, -0.15) is 0 Å². The Hall–Kier alpha value is -1.82. The second-order valence-electron chi connectivity index (χ2n) is 4.55. The normalized spacial score (nSPS) is 11.5. The molecule has 0 aliphatic carbocycles. The number of aromatic nitrogens is 1. The van der Waals surface area contributed by atoms with E-state index < -0.39 is 6.03 Å². The number of guanidine groups is 1. The SMILES string of the molecule is CC(C)NC(=NCCCc1ncccc1Cl)NC(N)=O. The smallest absolute Gasteiger partial charge is 0.318 e. The van der Waals surface area contributed by atoms with Gasteiger partial charge in [0, 0.05) is 18.8 Å². The highest BCUT2D eigenvalue weighted by molar-refractivity contribution is 6.31. The van der Waals surface area contributed by atoms with Crippen LogP contribution in [0.15, 0.2) is 23.3 Å². The molecule has 0 bridgehead atoms. The minimum absolute atomic E-state index is 0.158. The zero-order chi connectivity index (χ0) is 15.0. The van der Waals surface area contributed by atoms with Crippen molar-refractivity contribution < 1.29 is 4.79 Å². The molecule has 1 aromatic rings. The Kier molecular flexibility index (Phi) is 6.79. The Morgan fingerprint density at radius 2 is 2.30 bits per heavy atom. The lowest BCUT2D eigenvalue weighted by atomic mass is 10.2. The molecule has 20 heavy (non-hydrogen) atoms. The van der Waals surface area contributed by atoms with Gasteiger partial charge in [-0.3, -0.25) is 15.3 Å². The van der Waals surface area contributed by atoms with Crippen molar-refractivity contribution in [3.05, 3.63) is 29.0 Å². The van der Waals surface area contributed by atoms with Gasteiger partial charge in [0.2, 0.25) is 0 Å². The number of hydrogen-bond donors (Lipinski definition) is 3. The van der Waals surface area contributed by atoms with Crippen LogP contribution in [0.1, 0.15) is 26.0 Å². The fraction of sp³-hybridized carbons (Fsp3) is 0.462. The van der Waals surface area contributed by atoms with Crippen LogP contribution in [0.25, 0.3) is 0 Å². The van der Waals surface area contributed by atoms with Crippen molar-refractivity contribution in [3.8, 4) is 0 Å². The molecule has 110 valence electrons. The van der Waals surface area contributed by atoms with E-state index in [2.05, 4.69) is 20.6 Å². The molecule has 0 spiro atoms. The average molecular weight is 298 g/mol. The molecule has 0 unspecified atom stereocenters. The molecule has 0 saturated carbocycles. The van der Waals surface area contributed by atoms with Crippen molar-refractivity contribution in [3.63, 3.8) is 0 Å². The maximum Gasteiger partial charge on any atom is 0.318 e. The van der Waals surface area contributed by atoms with Gasteiger partial charge in [0.25, 0.3) is 0 Å². The lowest BCUT2D eigenvalue weighted by Gasteiger charge is -2.12. The summed E-state index contributed by atoms with van der Waals surface area (Å²) in [5, 5.41) is 6.13. The van der Waals surface area contributed by atoms with E-state index >= 15 is 0 Å². The van der Waals surface area contributed by atoms with Gasteiger partial charge in [-0.05, 0) is 38.8 Å². The fourth-order valence-electron chi connectivity index (χ4n) is 1.55. The van der Waals surface area contributed by atoms with Gasteiger partial charge in [-0.15, -0.1) is 0 Å². The van der Waals surface area contributed by atoms with E-state index in [1.807, 2.05) is 19.9 Å². The maximum absolute atomic E-state index is 10.9. The summed E-state index contributed by atoms with van der Waals surface area (Å²) in [6.45, 7) is 4.44. The number of nitrogens with zero attached hydrogens (tertiary/aromatic N) is 2. The molecule has 7 heteroatoms. The van der Waals surface area contributed by atoms with Crippen LogP contribution in [0.5, 0.6) is 0 Å². The highest BCUT2D eigenvalue weighted by atomic mass is 35.5. The lowest BCUT2D eigenvalue weighted by Crippen LogP contribution is -2.46. The van der Waals surface area contributed by atoms with Gasteiger partial charge in [-0.1, -0.05) is 11.6 Å². The molecule has 0 atom stereocenters. The van der Waals surface area contributed by atoms with Gasteiger partial charge in [-0.25, -0.2) is 4.79 Å². The lowest BCUT2D eigenvalue weighted by molar-refractivity contribution is 0.252. The number of aliphatic imine (C=N–C) groups is 1. The Labute approximate surface area is 123 Å². The number of nitrogens with two attached hydrogens (primary N) is 1. The maximum atomic E-state index is 10.9. The predicted molar refractivity (Wildman–Crippen MR) is 80.9 cm³/mol. The number of nitrogens with one attached hydrogen (secondary N) is 2. The third kappa shape index (κ3) is 6.38. The number of primary amides is 1. The number of rotatable bonds is 5. The summed E-state index contributed by atoms with van der Waals surface area (Å²) >= 11 is 6.02. The number of urea groups is 1. The quantitative estimate of drug-likeness (QED) is 0.439. The summed E-state index contributed by atoms with van der Waals surface area (Å²) in [6.07, 6.45) is 3.22. The molecular weight excluding hydrogens is 278 g/mol. The average Bonchev–Trinajstić information content (AvgIpc) is 2.35. The van der Waals surface area contributed by atoms with Crippen molar-refractivity contribution in [2.24, 2.45) is 10.7 Å². The van der Waals surface area contributed by atoms with E-state index in [1.54, 1.807) is 12.3 Å². The second-order valence-corrected chi connectivity index (χ2v) is 4.96. The molecule has 1 aromatic heterocycles. The molecule has 2 amide bonds. The molecule has 1 rings (SSSR count). The Bertz CT molecular complexity index is 476. The zero-order valence-corrected chi connectivity index (χ0v) is 12.4. The highest BCUT2D eigenvalue weighted by Crippen LogP contribution is 2.13. The molecule has 6 nitrogen and oxygen atoms in total. The van der Waals surface area contributed by atoms with Crippen LogP contribution in [0, 0.1) is 0 Å². The Morgan fingerprint density at radius 3 is 2.90 bits per heavy atom. The first kappa shape index (κ1) is 16.2. The predicted octanol–water partition coefficient (Wildman–Crippen LogP) is 1.69. The van der Waals surface area contributed by atoms with Gasteiger partial charge < -0.3 is 11.1 Å². The van der Waals surface area contributed by atoms with Crippen LogP contribution in [0.2, 0.25) is 5.02 Å². The van der Waals surface area contributed by atoms with E-state index in [9.17, 15) is 4.79 Å². The number of amides is 2. The molecule has 1 heterocycles. The van der Waals surface area contributed by atoms with Crippen LogP contribution in [-0.4, -0.2) is 29.6 Å². The minimum atomic E-state index is -0.635. The number of halogens is 1. The van der Waals surface area contributed by atoms with E-state index in [0.29, 0.717) is 17.5 Å². The summed E-state index contributed by atoms with van der Waals surface area (Å²) in [5.41, 5.74) is 5.94. The van der Waals surface area contributed by atoms with Crippen molar-refractivity contribution in [2.45, 2.75) is 32.7 Å². The van der Waals surface area contributed by atoms with Crippen molar-refractivity contribution in [1.29, 1.82) is 0 Å². The van der Waals surface area contributed by atoms with E-state index in [-0.39, 0.29) is 6.04 Å². The van der Waals surface area contributed by atoms with Crippen LogP contribution in [0.4, 0.5) is 4.79 Å². The first-order valence-electron chi connectivity index (χ1n) is 6.46. The fourth-order valence-corrected chi connectivity index (χ4v) is 1.77. The first-order chi connectivity index (χ1) is 9.49. The molecule has 0 aliphatic rings. The Morgan fingerprint density at radius 1 is 1.55 bits per heavy atom. The number of aryl methyl sites for hydroxylation is 1. The summed E-state index contributed by atoms with van der Waals surface area (Å²) in [5.74, 6) is 0.389. The molecule has 0 fully saturated rings. The number of hydrogen-bond acceptors (Lipinski definition) is 3. The first-order valence-corrected chi connectivity index (χ1v) is 6.83. The monoisotopic (exact) mass is 297 g/mol. The zero-order valence-electron chi connectivity index (χ0n) is 11.7. The summed E-state index contributed by atoms with van der Waals surface area (Å²) < 4.78 is 0. The van der Waals surface area contributed by atoms with Gasteiger partial charge in [0.15, 0.2) is 5.96 Å². The molecule has 0 saturated heterocycles. The van der Waals surface area contributed by atoms with Crippen LogP contribution >= 0.6 is 11.6 Å². The third-order valence-electron chi connectivity index (χ3n) is 2.34. The largest absolute Gasteiger partial charge is 0.354 e. The summed E-state index contributed by atoms with van der Waals surface area (Å²) in [6, 6.07) is 3.13. The summed E-state index contributed by atoms with van der Waals surface area (Å²) in [4.78, 5) is 19.3. The number of carbonyl (C=O) groups excluding carboxylic acids is 1. The molecular formula is C13H20ClN5O. The van der Waals surface area contributed by atoms with Gasteiger partial charge in [0.1, 0.15) is 0 Å².